The number of rotatable bonds is 6. The minimum Gasteiger partial charge on any atom is -0.485 e. The van der Waals surface area contributed by atoms with Crippen molar-refractivity contribution in [1.29, 1.82) is 0 Å². The molecule has 0 aliphatic heterocycles. The quantitative estimate of drug-likeness (QED) is 0.814. The number of ketones is 1. The SMILES string of the molecule is Cc1cc(C(=O)COc2cc(Cl)ccc2C(N)=O)c(C)n1C1CC1. The zero-order valence-electron chi connectivity index (χ0n) is 13.6. The van der Waals surface area contributed by atoms with Crippen molar-refractivity contribution in [3.63, 3.8) is 0 Å². The molecule has 5 nitrogen and oxygen atoms in total. The second-order valence-corrected chi connectivity index (χ2v) is 6.54. The minimum absolute atomic E-state index is 0.134. The smallest absolute Gasteiger partial charge is 0.252 e. The van der Waals surface area contributed by atoms with Gasteiger partial charge in [-0.05, 0) is 51.0 Å². The van der Waals surface area contributed by atoms with Crippen molar-refractivity contribution >= 4 is 23.3 Å². The van der Waals surface area contributed by atoms with Crippen molar-refractivity contribution < 1.29 is 14.3 Å². The van der Waals surface area contributed by atoms with Crippen LogP contribution in [-0.4, -0.2) is 22.9 Å². The van der Waals surface area contributed by atoms with E-state index in [1.807, 2.05) is 19.9 Å². The fraction of sp³-hybridized carbons (Fsp3) is 0.333. The third-order valence-electron chi connectivity index (χ3n) is 4.26. The summed E-state index contributed by atoms with van der Waals surface area (Å²) in [5.41, 5.74) is 8.22. The predicted octanol–water partition coefficient (Wildman–Crippen LogP) is 3.45. The second-order valence-electron chi connectivity index (χ2n) is 6.10. The van der Waals surface area contributed by atoms with Crippen LogP contribution in [0.25, 0.3) is 0 Å². The lowest BCUT2D eigenvalue weighted by Crippen LogP contribution is -2.17. The van der Waals surface area contributed by atoms with Crippen LogP contribution in [0, 0.1) is 13.8 Å². The van der Waals surface area contributed by atoms with Gasteiger partial charge in [-0.2, -0.15) is 0 Å². The van der Waals surface area contributed by atoms with Gasteiger partial charge in [-0.3, -0.25) is 9.59 Å². The van der Waals surface area contributed by atoms with Crippen LogP contribution in [0.4, 0.5) is 0 Å². The third kappa shape index (κ3) is 3.17. The van der Waals surface area contributed by atoms with Crippen molar-refractivity contribution in [2.75, 3.05) is 6.61 Å². The molecule has 0 bridgehead atoms. The molecule has 0 unspecified atom stereocenters. The van der Waals surface area contributed by atoms with Crippen LogP contribution in [-0.2, 0) is 0 Å². The Morgan fingerprint density at radius 1 is 1.25 bits per heavy atom. The lowest BCUT2D eigenvalue weighted by Gasteiger charge is -2.10. The topological polar surface area (TPSA) is 74.3 Å². The van der Waals surface area contributed by atoms with E-state index in [0.717, 1.165) is 24.2 Å². The standard InChI is InChI=1S/C18H19ClN2O3/c1-10-7-15(11(2)21(10)13-4-5-13)16(22)9-24-17-8-12(19)3-6-14(17)18(20)23/h3,6-8,13H,4-5,9H2,1-2H3,(H2,20,23). The largest absolute Gasteiger partial charge is 0.485 e. The average molecular weight is 347 g/mol. The number of hydrogen-bond donors (Lipinski definition) is 1. The molecule has 1 aromatic carbocycles. The summed E-state index contributed by atoms with van der Waals surface area (Å²) in [7, 11) is 0. The number of Topliss-reactive ketones (excluding diaryl/α,β-unsaturated/α-hetero) is 1. The van der Waals surface area contributed by atoms with Gasteiger partial charge < -0.3 is 15.0 Å². The molecule has 0 atom stereocenters. The van der Waals surface area contributed by atoms with Gasteiger partial charge in [0.1, 0.15) is 5.75 Å². The highest BCUT2D eigenvalue weighted by Gasteiger charge is 2.28. The second kappa shape index (κ2) is 6.32. The summed E-state index contributed by atoms with van der Waals surface area (Å²) in [4.78, 5) is 24.0. The van der Waals surface area contributed by atoms with E-state index in [2.05, 4.69) is 4.57 Å². The maximum Gasteiger partial charge on any atom is 0.252 e. The lowest BCUT2D eigenvalue weighted by atomic mass is 10.1. The Hall–Kier alpha value is -2.27. The molecule has 1 aliphatic rings. The number of aryl methyl sites for hydroxylation is 1. The van der Waals surface area contributed by atoms with Gasteiger partial charge in [0, 0.05) is 28.0 Å². The van der Waals surface area contributed by atoms with Crippen molar-refractivity contribution in [1.82, 2.24) is 4.57 Å². The highest BCUT2D eigenvalue weighted by Crippen LogP contribution is 2.38. The predicted molar refractivity (Wildman–Crippen MR) is 92.0 cm³/mol. The minimum atomic E-state index is -0.624. The highest BCUT2D eigenvalue weighted by molar-refractivity contribution is 6.30. The number of nitrogens with zero attached hydrogens (tertiary/aromatic N) is 1. The first-order valence-corrected chi connectivity index (χ1v) is 8.20. The van der Waals surface area contributed by atoms with E-state index in [4.69, 9.17) is 22.1 Å². The van der Waals surface area contributed by atoms with E-state index in [9.17, 15) is 9.59 Å². The van der Waals surface area contributed by atoms with Gasteiger partial charge in [0.2, 0.25) is 5.78 Å². The first kappa shape index (κ1) is 16.6. The molecule has 1 aromatic heterocycles. The molecule has 1 fully saturated rings. The molecular weight excluding hydrogens is 328 g/mol. The average Bonchev–Trinajstić information content (AvgIpc) is 3.30. The number of aromatic nitrogens is 1. The summed E-state index contributed by atoms with van der Waals surface area (Å²) < 4.78 is 7.74. The van der Waals surface area contributed by atoms with Crippen molar-refractivity contribution in [3.8, 4) is 5.75 Å². The molecule has 24 heavy (non-hydrogen) atoms. The number of halogens is 1. The zero-order chi connectivity index (χ0) is 17.4. The van der Waals surface area contributed by atoms with Crippen LogP contribution in [0.1, 0.15) is 51.0 Å². The highest BCUT2D eigenvalue weighted by atomic mass is 35.5. The number of amides is 1. The normalized spacial score (nSPS) is 13.8. The van der Waals surface area contributed by atoms with Gasteiger partial charge in [-0.25, -0.2) is 0 Å². The fourth-order valence-corrected chi connectivity index (χ4v) is 3.16. The van der Waals surface area contributed by atoms with Gasteiger partial charge in [-0.1, -0.05) is 11.6 Å². The maximum absolute atomic E-state index is 12.5. The number of hydrogen-bond acceptors (Lipinski definition) is 3. The van der Waals surface area contributed by atoms with Crippen molar-refractivity contribution in [3.05, 3.63) is 51.8 Å². The Bertz CT molecular complexity index is 822. The monoisotopic (exact) mass is 346 g/mol. The molecule has 1 aliphatic carbocycles. The summed E-state index contributed by atoms with van der Waals surface area (Å²) in [5, 5.41) is 0.411. The Morgan fingerprint density at radius 3 is 2.58 bits per heavy atom. The Labute approximate surface area is 145 Å². The number of benzene rings is 1. The molecule has 0 spiro atoms. The number of ether oxygens (including phenoxy) is 1. The molecule has 126 valence electrons. The van der Waals surface area contributed by atoms with Crippen LogP contribution in [0.2, 0.25) is 5.02 Å². The molecule has 6 heteroatoms. The van der Waals surface area contributed by atoms with Gasteiger partial charge >= 0.3 is 0 Å². The van der Waals surface area contributed by atoms with E-state index in [0.29, 0.717) is 16.6 Å². The molecule has 1 saturated carbocycles. The van der Waals surface area contributed by atoms with Crippen molar-refractivity contribution in [2.45, 2.75) is 32.7 Å². The van der Waals surface area contributed by atoms with Crippen LogP contribution < -0.4 is 10.5 Å². The number of nitrogens with two attached hydrogens (primary N) is 1. The van der Waals surface area contributed by atoms with E-state index in [1.165, 1.54) is 12.1 Å². The Kier molecular flexibility index (Phi) is 4.37. The van der Waals surface area contributed by atoms with E-state index < -0.39 is 5.91 Å². The fourth-order valence-electron chi connectivity index (χ4n) is 2.99. The molecule has 0 saturated heterocycles. The van der Waals surface area contributed by atoms with Crippen LogP contribution in [0.15, 0.2) is 24.3 Å². The summed E-state index contributed by atoms with van der Waals surface area (Å²) in [6, 6.07) is 6.94. The lowest BCUT2D eigenvalue weighted by molar-refractivity contribution is 0.0911. The summed E-state index contributed by atoms with van der Waals surface area (Å²) in [6.45, 7) is 3.79. The van der Waals surface area contributed by atoms with Crippen LogP contribution in [0.3, 0.4) is 0 Å². The Morgan fingerprint density at radius 2 is 1.96 bits per heavy atom. The maximum atomic E-state index is 12.5. The van der Waals surface area contributed by atoms with Crippen LogP contribution in [0.5, 0.6) is 5.75 Å². The molecular formula is C18H19ClN2O3. The van der Waals surface area contributed by atoms with Gasteiger partial charge in [-0.15, -0.1) is 0 Å². The molecule has 0 radical (unpaired) electrons. The van der Waals surface area contributed by atoms with Crippen molar-refractivity contribution in [2.24, 2.45) is 5.73 Å². The molecule has 1 heterocycles. The summed E-state index contributed by atoms with van der Waals surface area (Å²) >= 11 is 5.92. The Balaban J connectivity index is 1.78. The first-order valence-electron chi connectivity index (χ1n) is 7.82. The molecule has 2 aromatic rings. The third-order valence-corrected chi connectivity index (χ3v) is 4.50. The molecule has 1 amide bonds. The molecule has 2 N–H and O–H groups in total. The van der Waals surface area contributed by atoms with E-state index >= 15 is 0 Å². The van der Waals surface area contributed by atoms with Gasteiger partial charge in [0.15, 0.2) is 6.61 Å². The van der Waals surface area contributed by atoms with E-state index in [-0.39, 0.29) is 23.7 Å². The summed E-state index contributed by atoms with van der Waals surface area (Å²) in [5.74, 6) is -0.536. The first-order chi connectivity index (χ1) is 11.4. The summed E-state index contributed by atoms with van der Waals surface area (Å²) in [6.07, 6.45) is 2.32. The number of carbonyl (C=O) groups excluding carboxylic acids is 2. The van der Waals surface area contributed by atoms with Crippen LogP contribution >= 0.6 is 11.6 Å². The zero-order valence-corrected chi connectivity index (χ0v) is 14.4. The van der Waals surface area contributed by atoms with Gasteiger partial charge in [0.05, 0.1) is 5.56 Å². The van der Waals surface area contributed by atoms with E-state index in [1.54, 1.807) is 6.07 Å². The molecule has 3 rings (SSSR count). The number of primary amides is 1. The number of carbonyl (C=O) groups is 2. The van der Waals surface area contributed by atoms with Gasteiger partial charge in [0.25, 0.3) is 5.91 Å².